The number of hydrogen-bond acceptors (Lipinski definition) is 3. The first-order valence-corrected chi connectivity index (χ1v) is 13.8. The number of aryl methyl sites for hydroxylation is 1. The predicted octanol–water partition coefficient (Wildman–Crippen LogP) is 6.16. The van der Waals surface area contributed by atoms with Gasteiger partial charge in [-0.25, -0.2) is 0 Å². The zero-order valence-electron chi connectivity index (χ0n) is 20.5. The van der Waals surface area contributed by atoms with Gasteiger partial charge in [-0.3, -0.25) is 9.59 Å². The summed E-state index contributed by atoms with van der Waals surface area (Å²) in [5, 5.41) is 3.04. The Balaban J connectivity index is 1.85. The molecule has 0 aliphatic rings. The van der Waals surface area contributed by atoms with E-state index >= 15 is 0 Å². The number of benzene rings is 3. The molecule has 4 nitrogen and oxygen atoms in total. The minimum absolute atomic E-state index is 0.0111. The summed E-state index contributed by atoms with van der Waals surface area (Å²) in [6, 6.07) is 25.5. The van der Waals surface area contributed by atoms with Crippen LogP contribution in [0.4, 0.5) is 0 Å². The molecule has 184 valence electrons. The average Bonchev–Trinajstić information content (AvgIpc) is 2.83. The molecule has 1 unspecified atom stereocenters. The lowest BCUT2D eigenvalue weighted by molar-refractivity contribution is -0.139. The van der Waals surface area contributed by atoms with E-state index in [1.165, 1.54) is 0 Å². The van der Waals surface area contributed by atoms with Crippen molar-refractivity contribution in [3.8, 4) is 0 Å². The van der Waals surface area contributed by atoms with Gasteiger partial charge in [0.15, 0.2) is 0 Å². The maximum atomic E-state index is 13.6. The second kappa shape index (κ2) is 13.5. The summed E-state index contributed by atoms with van der Waals surface area (Å²) in [6.07, 6.45) is 0.467. The first-order chi connectivity index (χ1) is 16.8. The Labute approximate surface area is 221 Å². The normalized spacial score (nSPS) is 11.8. The van der Waals surface area contributed by atoms with Crippen LogP contribution in [0.25, 0.3) is 0 Å². The Hall–Kier alpha value is -2.57. The number of rotatable bonds is 11. The van der Waals surface area contributed by atoms with E-state index in [1.54, 1.807) is 16.7 Å². The summed E-state index contributed by atoms with van der Waals surface area (Å²) in [7, 11) is 0. The van der Waals surface area contributed by atoms with Gasteiger partial charge in [0.05, 0.1) is 5.75 Å². The van der Waals surface area contributed by atoms with Crippen LogP contribution in [-0.4, -0.2) is 34.6 Å². The number of nitrogens with one attached hydrogen (secondary N) is 1. The first kappa shape index (κ1) is 27.0. The van der Waals surface area contributed by atoms with E-state index in [0.717, 1.165) is 32.5 Å². The van der Waals surface area contributed by atoms with Crippen LogP contribution >= 0.6 is 27.7 Å². The Morgan fingerprint density at radius 2 is 1.57 bits per heavy atom. The minimum atomic E-state index is -0.597. The smallest absolute Gasteiger partial charge is 0.243 e. The summed E-state index contributed by atoms with van der Waals surface area (Å²) in [5.41, 5.74) is 4.35. The predicted molar refractivity (Wildman–Crippen MR) is 149 cm³/mol. The van der Waals surface area contributed by atoms with Crippen LogP contribution < -0.4 is 5.32 Å². The second-order valence-electron chi connectivity index (χ2n) is 8.94. The summed E-state index contributed by atoms with van der Waals surface area (Å²) in [5.74, 6) is 0.889. The molecule has 0 saturated heterocycles. The van der Waals surface area contributed by atoms with Gasteiger partial charge in [-0.1, -0.05) is 82.7 Å². The average molecular weight is 554 g/mol. The van der Waals surface area contributed by atoms with Crippen molar-refractivity contribution in [3.05, 3.63) is 106 Å². The second-order valence-corrected chi connectivity index (χ2v) is 10.8. The van der Waals surface area contributed by atoms with Gasteiger partial charge in [-0.2, -0.15) is 0 Å². The minimum Gasteiger partial charge on any atom is -0.352 e. The fraction of sp³-hybridized carbons (Fsp3) is 0.310. The van der Waals surface area contributed by atoms with E-state index in [-0.39, 0.29) is 17.9 Å². The lowest BCUT2D eigenvalue weighted by Crippen LogP contribution is -2.52. The molecule has 0 heterocycles. The Morgan fingerprint density at radius 1 is 0.914 bits per heavy atom. The number of halogens is 1. The molecule has 0 bridgehead atoms. The van der Waals surface area contributed by atoms with E-state index in [4.69, 9.17) is 0 Å². The van der Waals surface area contributed by atoms with Crippen LogP contribution in [0, 0.1) is 6.92 Å². The summed E-state index contributed by atoms with van der Waals surface area (Å²) in [4.78, 5) is 28.8. The molecule has 0 radical (unpaired) electrons. The lowest BCUT2D eigenvalue weighted by Gasteiger charge is -2.32. The van der Waals surface area contributed by atoms with Crippen LogP contribution in [0.2, 0.25) is 0 Å². The Kier molecular flexibility index (Phi) is 10.4. The highest BCUT2D eigenvalue weighted by Gasteiger charge is 2.30. The van der Waals surface area contributed by atoms with Gasteiger partial charge >= 0.3 is 0 Å². The van der Waals surface area contributed by atoms with E-state index in [2.05, 4.69) is 33.4 Å². The molecule has 1 N–H and O–H groups in total. The SMILES string of the molecule is Cc1ccccc1CN(C(=O)CSCc1ccc(Br)cc1)C(Cc1ccccc1)C(=O)NC(C)C. The standard InChI is InChI=1S/C29H33BrN2O2S/c1-21(2)31-29(34)27(17-23-10-5-4-6-11-23)32(18-25-12-8-7-9-22(25)3)28(33)20-35-19-24-13-15-26(30)16-14-24/h4-16,21,27H,17-20H2,1-3H3,(H,31,34). The molecule has 6 heteroatoms. The molecule has 0 aliphatic carbocycles. The third kappa shape index (κ3) is 8.55. The molecule has 0 saturated carbocycles. The number of nitrogens with zero attached hydrogens (tertiary/aromatic N) is 1. The number of amides is 2. The highest BCUT2D eigenvalue weighted by atomic mass is 79.9. The maximum absolute atomic E-state index is 13.6. The molecular formula is C29H33BrN2O2S. The molecule has 3 aromatic rings. The largest absolute Gasteiger partial charge is 0.352 e. The monoisotopic (exact) mass is 552 g/mol. The Morgan fingerprint density at radius 3 is 2.23 bits per heavy atom. The van der Waals surface area contributed by atoms with Crippen LogP contribution in [-0.2, 0) is 28.3 Å². The van der Waals surface area contributed by atoms with Crippen molar-refractivity contribution < 1.29 is 9.59 Å². The third-order valence-electron chi connectivity index (χ3n) is 5.71. The maximum Gasteiger partial charge on any atom is 0.243 e. The molecule has 3 aromatic carbocycles. The van der Waals surface area contributed by atoms with Crippen molar-refractivity contribution in [2.75, 3.05) is 5.75 Å². The summed E-state index contributed by atoms with van der Waals surface area (Å²) < 4.78 is 1.03. The zero-order valence-corrected chi connectivity index (χ0v) is 22.9. The summed E-state index contributed by atoms with van der Waals surface area (Å²) >= 11 is 5.04. The van der Waals surface area contributed by atoms with Crippen molar-refractivity contribution in [1.29, 1.82) is 0 Å². The number of thioether (sulfide) groups is 1. The van der Waals surface area contributed by atoms with Gasteiger partial charge in [-0.15, -0.1) is 11.8 Å². The lowest BCUT2D eigenvalue weighted by atomic mass is 10.0. The zero-order chi connectivity index (χ0) is 25.2. The Bertz CT molecular complexity index is 1100. The number of carbonyl (C=O) groups excluding carboxylic acids is 2. The molecule has 1 atom stereocenters. The van der Waals surface area contributed by atoms with E-state index in [1.807, 2.05) is 87.5 Å². The number of carbonyl (C=O) groups is 2. The highest BCUT2D eigenvalue weighted by molar-refractivity contribution is 9.10. The van der Waals surface area contributed by atoms with Crippen molar-refractivity contribution >= 4 is 39.5 Å². The van der Waals surface area contributed by atoms with Gasteiger partial charge in [0.2, 0.25) is 11.8 Å². The van der Waals surface area contributed by atoms with Crippen molar-refractivity contribution in [3.63, 3.8) is 0 Å². The van der Waals surface area contributed by atoms with Crippen LogP contribution in [0.1, 0.15) is 36.1 Å². The molecular weight excluding hydrogens is 520 g/mol. The van der Waals surface area contributed by atoms with Crippen molar-refractivity contribution in [2.45, 2.75) is 51.6 Å². The van der Waals surface area contributed by atoms with Crippen LogP contribution in [0.15, 0.2) is 83.3 Å². The van der Waals surface area contributed by atoms with E-state index in [9.17, 15) is 9.59 Å². The third-order valence-corrected chi connectivity index (χ3v) is 7.23. The van der Waals surface area contributed by atoms with Gasteiger partial charge in [0, 0.05) is 29.2 Å². The highest BCUT2D eigenvalue weighted by Crippen LogP contribution is 2.20. The van der Waals surface area contributed by atoms with Gasteiger partial charge in [0.1, 0.15) is 6.04 Å². The topological polar surface area (TPSA) is 49.4 Å². The van der Waals surface area contributed by atoms with Crippen LogP contribution in [0.5, 0.6) is 0 Å². The molecule has 2 amide bonds. The summed E-state index contributed by atoms with van der Waals surface area (Å²) in [6.45, 7) is 6.33. The van der Waals surface area contributed by atoms with E-state index in [0.29, 0.717) is 18.7 Å². The molecule has 0 spiro atoms. The van der Waals surface area contributed by atoms with Crippen LogP contribution in [0.3, 0.4) is 0 Å². The fourth-order valence-electron chi connectivity index (χ4n) is 3.83. The molecule has 0 aromatic heterocycles. The number of hydrogen-bond donors (Lipinski definition) is 1. The van der Waals surface area contributed by atoms with Crippen molar-refractivity contribution in [2.24, 2.45) is 0 Å². The van der Waals surface area contributed by atoms with Gasteiger partial charge < -0.3 is 10.2 Å². The van der Waals surface area contributed by atoms with Gasteiger partial charge in [-0.05, 0) is 55.2 Å². The first-order valence-electron chi connectivity index (χ1n) is 11.8. The quantitative estimate of drug-likeness (QED) is 0.310. The fourth-order valence-corrected chi connectivity index (χ4v) is 4.96. The molecule has 0 fully saturated rings. The van der Waals surface area contributed by atoms with Gasteiger partial charge in [0.25, 0.3) is 0 Å². The van der Waals surface area contributed by atoms with E-state index < -0.39 is 6.04 Å². The molecule has 0 aliphatic heterocycles. The van der Waals surface area contributed by atoms with Crippen molar-refractivity contribution in [1.82, 2.24) is 10.2 Å². The molecule has 3 rings (SSSR count). The molecule has 35 heavy (non-hydrogen) atoms.